The van der Waals surface area contributed by atoms with Crippen LogP contribution in [0.25, 0.3) is 0 Å². The fraction of sp³-hybridized carbons (Fsp3) is 0.278. The molecule has 1 atom stereocenters. The SMILES string of the molecule is COc1ccc2c(c1)SCC(C)C2=O.COc1ccccc1. The number of hydrogen-bond donors (Lipinski definition) is 0. The molecule has 0 fully saturated rings. The third kappa shape index (κ3) is 4.04. The van der Waals surface area contributed by atoms with Gasteiger partial charge in [-0.2, -0.15) is 0 Å². The third-order valence-corrected chi connectivity index (χ3v) is 4.69. The Labute approximate surface area is 135 Å². The van der Waals surface area contributed by atoms with E-state index >= 15 is 0 Å². The average molecular weight is 316 g/mol. The maximum Gasteiger partial charge on any atom is 0.167 e. The Bertz CT molecular complexity index is 625. The number of rotatable bonds is 2. The highest BCUT2D eigenvalue weighted by Gasteiger charge is 2.24. The minimum Gasteiger partial charge on any atom is -0.497 e. The van der Waals surface area contributed by atoms with Gasteiger partial charge in [-0.25, -0.2) is 0 Å². The molecule has 3 rings (SSSR count). The molecule has 0 bridgehead atoms. The summed E-state index contributed by atoms with van der Waals surface area (Å²) in [6, 6.07) is 15.3. The molecule has 1 aliphatic heterocycles. The smallest absolute Gasteiger partial charge is 0.167 e. The van der Waals surface area contributed by atoms with Crippen LogP contribution in [0.5, 0.6) is 11.5 Å². The highest BCUT2D eigenvalue weighted by Crippen LogP contribution is 2.34. The van der Waals surface area contributed by atoms with E-state index in [-0.39, 0.29) is 11.7 Å². The van der Waals surface area contributed by atoms with E-state index in [0.717, 1.165) is 27.7 Å². The normalized spacial score (nSPS) is 16.1. The monoisotopic (exact) mass is 316 g/mol. The second kappa shape index (κ2) is 7.90. The Kier molecular flexibility index (Phi) is 5.90. The predicted octanol–water partition coefficient (Wildman–Crippen LogP) is 4.31. The van der Waals surface area contributed by atoms with Crippen LogP contribution in [0.2, 0.25) is 0 Å². The lowest BCUT2D eigenvalue weighted by molar-refractivity contribution is 0.0936. The van der Waals surface area contributed by atoms with Crippen LogP contribution in [0.15, 0.2) is 53.4 Å². The maximum atomic E-state index is 11.8. The van der Waals surface area contributed by atoms with Gasteiger partial charge < -0.3 is 9.47 Å². The van der Waals surface area contributed by atoms with Crippen molar-refractivity contribution in [3.8, 4) is 11.5 Å². The molecule has 1 aliphatic rings. The molecule has 2 aromatic rings. The number of ketones is 1. The van der Waals surface area contributed by atoms with Gasteiger partial charge in [0.25, 0.3) is 0 Å². The van der Waals surface area contributed by atoms with Crippen LogP contribution in [0.3, 0.4) is 0 Å². The lowest BCUT2D eigenvalue weighted by Crippen LogP contribution is -2.18. The van der Waals surface area contributed by atoms with Crippen LogP contribution < -0.4 is 9.47 Å². The first-order valence-electron chi connectivity index (χ1n) is 7.09. The molecule has 0 saturated heterocycles. The van der Waals surface area contributed by atoms with Gasteiger partial charge in [0, 0.05) is 22.1 Å². The van der Waals surface area contributed by atoms with Crippen LogP contribution in [0, 0.1) is 5.92 Å². The summed E-state index contributed by atoms with van der Waals surface area (Å²) in [4.78, 5) is 12.8. The van der Waals surface area contributed by atoms with E-state index in [1.165, 1.54) is 0 Å². The van der Waals surface area contributed by atoms with Gasteiger partial charge in [-0.1, -0.05) is 25.1 Å². The molecular weight excluding hydrogens is 296 g/mol. The lowest BCUT2D eigenvalue weighted by Gasteiger charge is -2.19. The minimum atomic E-state index is 0.140. The van der Waals surface area contributed by atoms with Crippen molar-refractivity contribution in [2.24, 2.45) is 5.92 Å². The van der Waals surface area contributed by atoms with Gasteiger partial charge in [0.05, 0.1) is 14.2 Å². The summed E-state index contributed by atoms with van der Waals surface area (Å²) in [5.74, 6) is 2.99. The second-order valence-electron chi connectivity index (χ2n) is 4.96. The molecule has 0 radical (unpaired) electrons. The van der Waals surface area contributed by atoms with Crippen molar-refractivity contribution in [3.05, 3.63) is 54.1 Å². The third-order valence-electron chi connectivity index (χ3n) is 3.37. The van der Waals surface area contributed by atoms with E-state index < -0.39 is 0 Å². The zero-order chi connectivity index (χ0) is 15.9. The second-order valence-corrected chi connectivity index (χ2v) is 6.02. The zero-order valence-corrected chi connectivity index (χ0v) is 13.9. The molecule has 1 unspecified atom stereocenters. The Hall–Kier alpha value is -1.94. The van der Waals surface area contributed by atoms with Crippen molar-refractivity contribution in [3.63, 3.8) is 0 Å². The summed E-state index contributed by atoms with van der Waals surface area (Å²) in [5, 5.41) is 0. The van der Waals surface area contributed by atoms with Gasteiger partial charge in [-0.3, -0.25) is 4.79 Å². The van der Waals surface area contributed by atoms with Crippen molar-refractivity contribution in [2.45, 2.75) is 11.8 Å². The molecule has 0 amide bonds. The number of benzene rings is 2. The molecule has 0 aromatic heterocycles. The minimum absolute atomic E-state index is 0.140. The van der Waals surface area contributed by atoms with Gasteiger partial charge in [0.2, 0.25) is 0 Å². The number of carbonyl (C=O) groups is 1. The Morgan fingerprint density at radius 2 is 1.68 bits per heavy atom. The molecule has 2 aromatic carbocycles. The highest BCUT2D eigenvalue weighted by molar-refractivity contribution is 7.99. The highest BCUT2D eigenvalue weighted by atomic mass is 32.2. The standard InChI is InChI=1S/C11H12O2S.C7H8O/c1-7-6-14-10-5-8(13-2)3-4-9(10)11(7)12;1-8-7-5-3-2-4-6-7/h3-5,7H,6H2,1-2H3;2-6H,1H3. The maximum absolute atomic E-state index is 11.8. The van der Waals surface area contributed by atoms with Gasteiger partial charge >= 0.3 is 0 Å². The average Bonchev–Trinajstić information content (AvgIpc) is 2.59. The molecule has 0 aliphatic carbocycles. The van der Waals surface area contributed by atoms with Crippen LogP contribution in [0.4, 0.5) is 0 Å². The molecule has 1 heterocycles. The Balaban J connectivity index is 0.000000188. The van der Waals surface area contributed by atoms with Crippen molar-refractivity contribution in [1.82, 2.24) is 0 Å². The largest absolute Gasteiger partial charge is 0.497 e. The fourth-order valence-corrected chi connectivity index (χ4v) is 3.17. The van der Waals surface area contributed by atoms with E-state index in [0.29, 0.717) is 0 Å². The summed E-state index contributed by atoms with van der Waals surface area (Å²) >= 11 is 1.73. The van der Waals surface area contributed by atoms with E-state index in [4.69, 9.17) is 9.47 Å². The van der Waals surface area contributed by atoms with E-state index in [1.54, 1.807) is 26.0 Å². The summed E-state index contributed by atoms with van der Waals surface area (Å²) in [6.45, 7) is 1.97. The van der Waals surface area contributed by atoms with Gasteiger partial charge in [-0.05, 0) is 30.3 Å². The number of thioether (sulfide) groups is 1. The number of para-hydroxylation sites is 1. The number of carbonyl (C=O) groups excluding carboxylic acids is 1. The van der Waals surface area contributed by atoms with Crippen molar-refractivity contribution >= 4 is 17.5 Å². The van der Waals surface area contributed by atoms with Crippen LogP contribution in [-0.2, 0) is 0 Å². The van der Waals surface area contributed by atoms with Gasteiger partial charge in [0.15, 0.2) is 5.78 Å². The zero-order valence-electron chi connectivity index (χ0n) is 13.0. The summed E-state index contributed by atoms with van der Waals surface area (Å²) in [5.41, 5.74) is 0.842. The van der Waals surface area contributed by atoms with E-state index in [1.807, 2.05) is 55.5 Å². The van der Waals surface area contributed by atoms with E-state index in [2.05, 4.69) is 0 Å². The van der Waals surface area contributed by atoms with Crippen molar-refractivity contribution in [1.29, 1.82) is 0 Å². The summed E-state index contributed by atoms with van der Waals surface area (Å²) in [6.07, 6.45) is 0. The predicted molar refractivity (Wildman–Crippen MR) is 90.2 cm³/mol. The number of Topliss-reactive ketones (excluding diaryl/α,β-unsaturated/α-hetero) is 1. The molecule has 0 N–H and O–H groups in total. The quantitative estimate of drug-likeness (QED) is 0.827. The lowest BCUT2D eigenvalue weighted by atomic mass is 10.0. The van der Waals surface area contributed by atoms with Gasteiger partial charge in [-0.15, -0.1) is 11.8 Å². The van der Waals surface area contributed by atoms with E-state index in [9.17, 15) is 4.79 Å². The Morgan fingerprint density at radius 3 is 2.27 bits per heavy atom. The first-order valence-corrected chi connectivity index (χ1v) is 8.08. The molecule has 116 valence electrons. The number of ether oxygens (including phenoxy) is 2. The first kappa shape index (κ1) is 16.4. The Morgan fingerprint density at radius 1 is 1.00 bits per heavy atom. The summed E-state index contributed by atoms with van der Waals surface area (Å²) < 4.78 is 10.0. The number of fused-ring (bicyclic) bond motifs is 1. The molecule has 22 heavy (non-hydrogen) atoms. The molecule has 0 spiro atoms. The molecule has 3 nitrogen and oxygen atoms in total. The molecule has 0 saturated carbocycles. The van der Waals surface area contributed by atoms with Crippen LogP contribution in [-0.4, -0.2) is 25.8 Å². The topological polar surface area (TPSA) is 35.5 Å². The fourth-order valence-electron chi connectivity index (χ4n) is 2.07. The van der Waals surface area contributed by atoms with Gasteiger partial charge in [0.1, 0.15) is 11.5 Å². The van der Waals surface area contributed by atoms with Crippen molar-refractivity contribution < 1.29 is 14.3 Å². The van der Waals surface area contributed by atoms with Crippen LogP contribution >= 0.6 is 11.8 Å². The number of hydrogen-bond acceptors (Lipinski definition) is 4. The van der Waals surface area contributed by atoms with Crippen LogP contribution in [0.1, 0.15) is 17.3 Å². The van der Waals surface area contributed by atoms with Crippen molar-refractivity contribution in [2.75, 3.05) is 20.0 Å². The first-order chi connectivity index (χ1) is 10.7. The molecular formula is C18H20O3S. The summed E-state index contributed by atoms with van der Waals surface area (Å²) in [7, 11) is 3.30. The number of methoxy groups -OCH3 is 2. The molecule has 4 heteroatoms.